The Labute approximate surface area is 261 Å². The summed E-state index contributed by atoms with van der Waals surface area (Å²) in [5, 5.41) is 20.9. The van der Waals surface area contributed by atoms with E-state index in [2.05, 4.69) is 32.8 Å². The maximum absolute atomic E-state index is 13.2. The summed E-state index contributed by atoms with van der Waals surface area (Å²) in [5.41, 5.74) is 1.95. The quantitative estimate of drug-likeness (QED) is 0.233. The second-order valence-electron chi connectivity index (χ2n) is 12.3. The summed E-state index contributed by atoms with van der Waals surface area (Å²) in [6.07, 6.45) is 6.50. The predicted octanol–water partition coefficient (Wildman–Crippen LogP) is 5.21. The van der Waals surface area contributed by atoms with Crippen molar-refractivity contribution < 1.29 is 19.4 Å². The van der Waals surface area contributed by atoms with Crippen LogP contribution in [0, 0.1) is 6.92 Å². The highest BCUT2D eigenvalue weighted by atomic mass is 35.5. The van der Waals surface area contributed by atoms with Gasteiger partial charge >= 0.3 is 5.97 Å². The molecule has 1 atom stereocenters. The highest BCUT2D eigenvalue weighted by Gasteiger charge is 2.54. The van der Waals surface area contributed by atoms with E-state index in [4.69, 9.17) is 21.3 Å². The Morgan fingerprint density at radius 1 is 1.21 bits per heavy atom. The standard InChI is InChI=1S/C30H45ClN6O4.C2H6/c1-21-20-25(31)37(35-21)30(13-14-30)28(40)34-24(27(38)39)12-17-36(18-19-41-29(2,3)4)16-6-5-9-23-11-10-22-8-7-15-32-26(22)33-23;1-2/h10-11,20,24H,5-9,12-19H2,1-4H3,(H,32,33)(H,34,40)(H,38,39);1-2H3. The molecule has 0 saturated heterocycles. The number of carboxylic acids is 1. The first-order valence-electron chi connectivity index (χ1n) is 15.8. The minimum atomic E-state index is -1.05. The first-order chi connectivity index (χ1) is 20.5. The molecule has 0 aromatic carbocycles. The van der Waals surface area contributed by atoms with Crippen LogP contribution in [-0.4, -0.2) is 81.1 Å². The molecule has 2 aliphatic rings. The molecule has 1 aliphatic carbocycles. The van der Waals surface area contributed by atoms with Crippen LogP contribution in [-0.2, 0) is 32.7 Å². The molecule has 240 valence electrons. The van der Waals surface area contributed by atoms with Gasteiger partial charge in [-0.25, -0.2) is 14.5 Å². The lowest BCUT2D eigenvalue weighted by Gasteiger charge is -2.27. The van der Waals surface area contributed by atoms with Gasteiger partial charge in [-0.15, -0.1) is 0 Å². The molecule has 0 radical (unpaired) electrons. The van der Waals surface area contributed by atoms with Crippen LogP contribution in [0.3, 0.4) is 0 Å². The number of unbranched alkanes of at least 4 members (excludes halogenated alkanes) is 1. The van der Waals surface area contributed by atoms with Crippen LogP contribution in [0.25, 0.3) is 0 Å². The van der Waals surface area contributed by atoms with Crippen LogP contribution in [0.15, 0.2) is 18.2 Å². The van der Waals surface area contributed by atoms with E-state index in [0.717, 1.165) is 62.4 Å². The highest BCUT2D eigenvalue weighted by molar-refractivity contribution is 6.29. The summed E-state index contributed by atoms with van der Waals surface area (Å²) in [6.45, 7) is 15.4. The Morgan fingerprint density at radius 2 is 1.95 bits per heavy atom. The van der Waals surface area contributed by atoms with Crippen molar-refractivity contribution in [1.29, 1.82) is 0 Å². The number of aryl methyl sites for hydroxylation is 3. The molecule has 0 spiro atoms. The number of amides is 1. The zero-order valence-corrected chi connectivity index (χ0v) is 27.6. The number of carbonyl (C=O) groups is 2. The van der Waals surface area contributed by atoms with Crippen LogP contribution >= 0.6 is 11.6 Å². The number of carboxylic acid groups (broad SMARTS) is 1. The molecule has 1 unspecified atom stereocenters. The number of pyridine rings is 1. The summed E-state index contributed by atoms with van der Waals surface area (Å²) in [4.78, 5) is 32.4. The number of fused-ring (bicyclic) bond motifs is 1. The zero-order valence-electron chi connectivity index (χ0n) is 26.8. The fourth-order valence-electron chi connectivity index (χ4n) is 5.25. The number of carbonyl (C=O) groups excluding carboxylic acids is 1. The SMILES string of the molecule is CC.Cc1cc(Cl)n(C2(C(=O)NC(CCN(CCCCc3ccc4c(n3)NCCC4)CCOC(C)(C)C)C(=O)O)CC2)n1. The van der Waals surface area contributed by atoms with Gasteiger partial charge in [0, 0.05) is 25.3 Å². The Kier molecular flexibility index (Phi) is 12.8. The molecule has 3 heterocycles. The van der Waals surface area contributed by atoms with Gasteiger partial charge in [-0.05, 0) is 103 Å². The molecule has 11 heteroatoms. The van der Waals surface area contributed by atoms with Crippen LogP contribution in [0.1, 0.15) is 90.1 Å². The van der Waals surface area contributed by atoms with E-state index < -0.39 is 17.6 Å². The Hall–Kier alpha value is -2.69. The van der Waals surface area contributed by atoms with Gasteiger partial charge in [0.1, 0.15) is 22.6 Å². The summed E-state index contributed by atoms with van der Waals surface area (Å²) < 4.78 is 7.48. The van der Waals surface area contributed by atoms with Crippen LogP contribution < -0.4 is 10.6 Å². The van der Waals surface area contributed by atoms with Gasteiger partial charge in [0.05, 0.1) is 17.9 Å². The van der Waals surface area contributed by atoms with Gasteiger partial charge in [-0.1, -0.05) is 31.5 Å². The molecular formula is C32H51ClN6O4. The van der Waals surface area contributed by atoms with E-state index in [1.54, 1.807) is 6.07 Å². The van der Waals surface area contributed by atoms with Crippen molar-refractivity contribution in [1.82, 2.24) is 25.0 Å². The maximum Gasteiger partial charge on any atom is 0.326 e. The van der Waals surface area contributed by atoms with Gasteiger partial charge in [0.2, 0.25) is 5.91 Å². The monoisotopic (exact) mass is 618 g/mol. The van der Waals surface area contributed by atoms with Gasteiger partial charge in [0.25, 0.3) is 0 Å². The third-order valence-electron chi connectivity index (χ3n) is 7.73. The number of anilines is 1. The van der Waals surface area contributed by atoms with Crippen LogP contribution in [0.4, 0.5) is 5.82 Å². The summed E-state index contributed by atoms with van der Waals surface area (Å²) in [5.74, 6) is -0.367. The topological polar surface area (TPSA) is 122 Å². The Morgan fingerprint density at radius 3 is 2.58 bits per heavy atom. The molecule has 1 aliphatic heterocycles. The number of halogens is 1. The number of nitrogens with zero attached hydrogens (tertiary/aromatic N) is 4. The van der Waals surface area contributed by atoms with E-state index >= 15 is 0 Å². The lowest BCUT2D eigenvalue weighted by Crippen LogP contribution is -2.49. The number of aromatic nitrogens is 3. The van der Waals surface area contributed by atoms with E-state index in [1.165, 1.54) is 10.2 Å². The van der Waals surface area contributed by atoms with Crippen molar-refractivity contribution in [3.05, 3.63) is 40.3 Å². The van der Waals surface area contributed by atoms with E-state index in [-0.39, 0.29) is 17.9 Å². The summed E-state index contributed by atoms with van der Waals surface area (Å²) >= 11 is 6.31. The van der Waals surface area contributed by atoms with Crippen molar-refractivity contribution in [3.8, 4) is 0 Å². The average Bonchev–Trinajstić information content (AvgIpc) is 3.70. The molecule has 0 bridgehead atoms. The lowest BCUT2D eigenvalue weighted by molar-refractivity contribution is -0.143. The Balaban J connectivity index is 0.00000248. The third kappa shape index (κ3) is 10.2. The maximum atomic E-state index is 13.2. The molecule has 1 fully saturated rings. The molecular weight excluding hydrogens is 568 g/mol. The average molecular weight is 619 g/mol. The smallest absolute Gasteiger partial charge is 0.326 e. The van der Waals surface area contributed by atoms with Crippen molar-refractivity contribution in [2.75, 3.05) is 38.1 Å². The van der Waals surface area contributed by atoms with Gasteiger partial charge < -0.3 is 25.4 Å². The molecule has 3 N–H and O–H groups in total. The van der Waals surface area contributed by atoms with Gasteiger partial charge in [0.15, 0.2) is 0 Å². The molecule has 2 aromatic heterocycles. The number of hydrogen-bond acceptors (Lipinski definition) is 7. The second-order valence-corrected chi connectivity index (χ2v) is 12.7. The fourth-order valence-corrected chi connectivity index (χ4v) is 5.61. The Bertz CT molecular complexity index is 1210. The van der Waals surface area contributed by atoms with Crippen molar-refractivity contribution in [2.24, 2.45) is 0 Å². The number of hydrogen-bond donors (Lipinski definition) is 3. The minimum Gasteiger partial charge on any atom is -0.480 e. The molecule has 43 heavy (non-hydrogen) atoms. The number of ether oxygens (including phenoxy) is 1. The van der Waals surface area contributed by atoms with E-state index in [0.29, 0.717) is 37.7 Å². The minimum absolute atomic E-state index is 0.250. The molecule has 10 nitrogen and oxygen atoms in total. The molecule has 1 saturated carbocycles. The van der Waals surface area contributed by atoms with Crippen LogP contribution in [0.2, 0.25) is 5.15 Å². The van der Waals surface area contributed by atoms with Gasteiger partial charge in [-0.2, -0.15) is 5.10 Å². The predicted molar refractivity (Wildman–Crippen MR) is 171 cm³/mol. The lowest BCUT2D eigenvalue weighted by atomic mass is 10.1. The number of rotatable bonds is 15. The number of aliphatic carboxylic acids is 1. The van der Waals surface area contributed by atoms with Gasteiger partial charge in [-0.3, -0.25) is 4.79 Å². The number of nitrogens with one attached hydrogen (secondary N) is 2. The summed E-state index contributed by atoms with van der Waals surface area (Å²) in [7, 11) is 0. The first kappa shape index (κ1) is 34.8. The zero-order chi connectivity index (χ0) is 31.6. The molecule has 2 aromatic rings. The van der Waals surface area contributed by atoms with Crippen LogP contribution in [0.5, 0.6) is 0 Å². The first-order valence-corrected chi connectivity index (χ1v) is 16.2. The van der Waals surface area contributed by atoms with E-state index in [1.807, 2.05) is 41.5 Å². The summed E-state index contributed by atoms with van der Waals surface area (Å²) in [6, 6.07) is 5.02. The highest BCUT2D eigenvalue weighted by Crippen LogP contribution is 2.45. The molecule has 4 rings (SSSR count). The third-order valence-corrected chi connectivity index (χ3v) is 8.00. The fraction of sp³-hybridized carbons (Fsp3) is 0.688. The molecule has 1 amide bonds. The van der Waals surface area contributed by atoms with Crippen molar-refractivity contribution in [3.63, 3.8) is 0 Å². The normalized spacial score (nSPS) is 16.0. The van der Waals surface area contributed by atoms with Crippen molar-refractivity contribution >= 4 is 29.3 Å². The van der Waals surface area contributed by atoms with Crippen molar-refractivity contribution in [2.45, 2.75) is 110 Å². The van der Waals surface area contributed by atoms with E-state index in [9.17, 15) is 14.7 Å². The largest absolute Gasteiger partial charge is 0.480 e. The second kappa shape index (κ2) is 15.9.